The third-order valence-corrected chi connectivity index (χ3v) is 3.43. The molecule has 1 amide bonds. The van der Waals surface area contributed by atoms with Crippen LogP contribution in [0.1, 0.15) is 16.8 Å². The molecule has 1 rings (SSSR count). The normalized spacial score (nSPS) is 10.1. The van der Waals surface area contributed by atoms with Gasteiger partial charge in [-0.15, -0.1) is 0 Å². The van der Waals surface area contributed by atoms with Gasteiger partial charge in [0, 0.05) is 16.7 Å². The van der Waals surface area contributed by atoms with Crippen molar-refractivity contribution in [2.24, 2.45) is 0 Å². The van der Waals surface area contributed by atoms with Crippen molar-refractivity contribution in [1.82, 2.24) is 5.32 Å². The van der Waals surface area contributed by atoms with E-state index in [0.29, 0.717) is 17.8 Å². The van der Waals surface area contributed by atoms with Gasteiger partial charge in [0.25, 0.3) is 5.91 Å². The summed E-state index contributed by atoms with van der Waals surface area (Å²) in [5.74, 6) is 0.971. The molecule has 0 heterocycles. The number of hydrogen-bond donors (Lipinski definition) is 2. The summed E-state index contributed by atoms with van der Waals surface area (Å²) in [6.07, 6.45) is 3.03. The highest BCUT2D eigenvalue weighted by molar-refractivity contribution is 9.10. The van der Waals surface area contributed by atoms with Crippen LogP contribution in [0.15, 0.2) is 22.7 Å². The van der Waals surface area contributed by atoms with Gasteiger partial charge in [-0.2, -0.15) is 11.8 Å². The summed E-state index contributed by atoms with van der Waals surface area (Å²) in [6, 6.07) is 5.22. The quantitative estimate of drug-likeness (QED) is 0.649. The maximum Gasteiger partial charge on any atom is 0.252 e. The average Bonchev–Trinajstić information content (AvgIpc) is 2.27. The molecular formula is C11H15BrN2OS. The number of carbonyl (C=O) groups excluding carboxylic acids is 1. The summed E-state index contributed by atoms with van der Waals surface area (Å²) >= 11 is 5.11. The van der Waals surface area contributed by atoms with E-state index in [9.17, 15) is 4.79 Å². The van der Waals surface area contributed by atoms with E-state index in [2.05, 4.69) is 27.5 Å². The van der Waals surface area contributed by atoms with Crippen LogP contribution < -0.4 is 11.1 Å². The number of halogens is 1. The van der Waals surface area contributed by atoms with Crippen LogP contribution in [0.25, 0.3) is 0 Å². The van der Waals surface area contributed by atoms with Crippen molar-refractivity contribution in [3.63, 3.8) is 0 Å². The molecule has 0 aliphatic heterocycles. The standard InChI is InChI=1S/C11H15BrN2OS/c1-16-6-2-5-14-11(15)9-7-8(13)3-4-10(9)12/h3-4,7H,2,5-6,13H2,1H3,(H,14,15). The molecule has 3 N–H and O–H groups in total. The van der Waals surface area contributed by atoms with E-state index in [1.807, 2.05) is 0 Å². The van der Waals surface area contributed by atoms with Crippen LogP contribution in [0.5, 0.6) is 0 Å². The lowest BCUT2D eigenvalue weighted by atomic mass is 10.2. The molecule has 0 radical (unpaired) electrons. The zero-order valence-electron chi connectivity index (χ0n) is 9.13. The van der Waals surface area contributed by atoms with Crippen LogP contribution in [0, 0.1) is 0 Å². The van der Waals surface area contributed by atoms with Gasteiger partial charge in [0.15, 0.2) is 0 Å². The Morgan fingerprint density at radius 3 is 3.00 bits per heavy atom. The Hall–Kier alpha value is -0.680. The second-order valence-electron chi connectivity index (χ2n) is 3.34. The fourth-order valence-corrected chi connectivity index (χ4v) is 2.09. The van der Waals surface area contributed by atoms with Crippen molar-refractivity contribution in [2.45, 2.75) is 6.42 Å². The molecule has 1 aromatic carbocycles. The smallest absolute Gasteiger partial charge is 0.252 e. The first-order valence-corrected chi connectivity index (χ1v) is 7.16. The lowest BCUT2D eigenvalue weighted by Crippen LogP contribution is -2.25. The van der Waals surface area contributed by atoms with Gasteiger partial charge in [-0.05, 0) is 52.6 Å². The van der Waals surface area contributed by atoms with Gasteiger partial charge in [-0.1, -0.05) is 0 Å². The maximum atomic E-state index is 11.8. The molecule has 0 fully saturated rings. The lowest BCUT2D eigenvalue weighted by molar-refractivity contribution is 0.0953. The predicted molar refractivity (Wildman–Crippen MR) is 73.9 cm³/mol. The molecule has 0 aromatic heterocycles. The molecule has 0 spiro atoms. The molecule has 0 aliphatic carbocycles. The molecular weight excluding hydrogens is 288 g/mol. The molecule has 0 unspecified atom stereocenters. The number of anilines is 1. The first-order valence-electron chi connectivity index (χ1n) is 4.97. The van der Waals surface area contributed by atoms with Crippen molar-refractivity contribution in [3.05, 3.63) is 28.2 Å². The van der Waals surface area contributed by atoms with Crippen LogP contribution in [0.2, 0.25) is 0 Å². The number of amides is 1. The van der Waals surface area contributed by atoms with Crippen LogP contribution in [-0.4, -0.2) is 24.5 Å². The largest absolute Gasteiger partial charge is 0.399 e. The number of thioether (sulfide) groups is 1. The van der Waals surface area contributed by atoms with Crippen molar-refractivity contribution in [2.75, 3.05) is 24.3 Å². The molecule has 0 saturated heterocycles. The van der Waals surface area contributed by atoms with Crippen molar-refractivity contribution >= 4 is 39.3 Å². The summed E-state index contributed by atoms with van der Waals surface area (Å²) in [5, 5.41) is 2.86. The minimum atomic E-state index is -0.0831. The van der Waals surface area contributed by atoms with E-state index in [-0.39, 0.29) is 5.91 Å². The third-order valence-electron chi connectivity index (χ3n) is 2.05. The molecule has 16 heavy (non-hydrogen) atoms. The summed E-state index contributed by atoms with van der Waals surface area (Å²) in [6.45, 7) is 0.695. The van der Waals surface area contributed by atoms with Gasteiger partial charge in [0.2, 0.25) is 0 Å². The Labute approximate surface area is 108 Å². The molecule has 5 heteroatoms. The molecule has 0 saturated carbocycles. The minimum absolute atomic E-state index is 0.0831. The minimum Gasteiger partial charge on any atom is -0.399 e. The Bertz CT molecular complexity index is 371. The van der Waals surface area contributed by atoms with E-state index >= 15 is 0 Å². The SMILES string of the molecule is CSCCCNC(=O)c1cc(N)ccc1Br. The number of rotatable bonds is 5. The topological polar surface area (TPSA) is 55.1 Å². The molecule has 1 aromatic rings. The second kappa shape index (κ2) is 6.81. The number of nitrogens with two attached hydrogens (primary N) is 1. The van der Waals surface area contributed by atoms with Crippen molar-refractivity contribution in [1.29, 1.82) is 0 Å². The van der Waals surface area contributed by atoms with E-state index in [1.165, 1.54) is 0 Å². The summed E-state index contributed by atoms with van der Waals surface area (Å²) < 4.78 is 0.768. The summed E-state index contributed by atoms with van der Waals surface area (Å²) in [7, 11) is 0. The highest BCUT2D eigenvalue weighted by Crippen LogP contribution is 2.19. The van der Waals surface area contributed by atoms with Gasteiger partial charge in [0.1, 0.15) is 0 Å². The van der Waals surface area contributed by atoms with Crippen LogP contribution >= 0.6 is 27.7 Å². The molecule has 3 nitrogen and oxygen atoms in total. The molecule has 88 valence electrons. The molecule has 0 bridgehead atoms. The van der Waals surface area contributed by atoms with Crippen molar-refractivity contribution in [3.8, 4) is 0 Å². The number of carbonyl (C=O) groups is 1. The zero-order chi connectivity index (χ0) is 12.0. The fraction of sp³-hybridized carbons (Fsp3) is 0.364. The van der Waals surface area contributed by atoms with Crippen LogP contribution in [0.3, 0.4) is 0 Å². The Morgan fingerprint density at radius 1 is 1.56 bits per heavy atom. The maximum absolute atomic E-state index is 11.8. The van der Waals surface area contributed by atoms with Crippen molar-refractivity contribution < 1.29 is 4.79 Å². The van der Waals surface area contributed by atoms with Gasteiger partial charge < -0.3 is 11.1 Å². The van der Waals surface area contributed by atoms with E-state index in [1.54, 1.807) is 30.0 Å². The monoisotopic (exact) mass is 302 g/mol. The van der Waals surface area contributed by atoms with Gasteiger partial charge in [-0.25, -0.2) is 0 Å². The van der Waals surface area contributed by atoms with Gasteiger partial charge in [-0.3, -0.25) is 4.79 Å². The van der Waals surface area contributed by atoms with E-state index < -0.39 is 0 Å². The fourth-order valence-electron chi connectivity index (χ4n) is 1.23. The van der Waals surface area contributed by atoms with Gasteiger partial charge in [0.05, 0.1) is 5.56 Å². The Kier molecular flexibility index (Phi) is 5.69. The highest BCUT2D eigenvalue weighted by atomic mass is 79.9. The summed E-state index contributed by atoms with van der Waals surface area (Å²) in [5.41, 5.74) is 6.82. The molecule has 0 atom stereocenters. The lowest BCUT2D eigenvalue weighted by Gasteiger charge is -2.07. The molecule has 0 aliphatic rings. The third kappa shape index (κ3) is 4.06. The number of nitrogen functional groups attached to an aromatic ring is 1. The average molecular weight is 303 g/mol. The van der Waals surface area contributed by atoms with Crippen LogP contribution in [-0.2, 0) is 0 Å². The van der Waals surface area contributed by atoms with E-state index in [4.69, 9.17) is 5.73 Å². The second-order valence-corrected chi connectivity index (χ2v) is 5.18. The number of nitrogens with one attached hydrogen (secondary N) is 1. The first kappa shape index (κ1) is 13.4. The van der Waals surface area contributed by atoms with Crippen LogP contribution in [0.4, 0.5) is 5.69 Å². The summed E-state index contributed by atoms with van der Waals surface area (Å²) in [4.78, 5) is 11.8. The number of hydrogen-bond acceptors (Lipinski definition) is 3. The highest BCUT2D eigenvalue weighted by Gasteiger charge is 2.09. The Morgan fingerprint density at radius 2 is 2.31 bits per heavy atom. The number of benzene rings is 1. The first-order chi connectivity index (χ1) is 7.65. The zero-order valence-corrected chi connectivity index (χ0v) is 11.5. The Balaban J connectivity index is 2.55. The predicted octanol–water partition coefficient (Wildman–Crippen LogP) is 2.51. The van der Waals surface area contributed by atoms with Gasteiger partial charge >= 0.3 is 0 Å². The van der Waals surface area contributed by atoms with E-state index in [0.717, 1.165) is 16.6 Å².